The molecule has 0 atom stereocenters. The highest BCUT2D eigenvalue weighted by Gasteiger charge is 2.22. The Morgan fingerprint density at radius 3 is 1.82 bits per heavy atom. The number of piperidine rings is 2. The van der Waals surface area contributed by atoms with Crippen molar-refractivity contribution in [3.05, 3.63) is 116 Å². The first-order chi connectivity index (χ1) is 29.5. The van der Waals surface area contributed by atoms with Crippen LogP contribution in [0.5, 0.6) is 17.2 Å². The van der Waals surface area contributed by atoms with E-state index in [4.69, 9.17) is 28.2 Å². The number of hydrogen-bond donors (Lipinski definition) is 2. The number of nitrogens with zero attached hydrogens (tertiary/aromatic N) is 1. The van der Waals surface area contributed by atoms with E-state index in [1.54, 1.807) is 32.4 Å². The van der Waals surface area contributed by atoms with Gasteiger partial charge in [-0.2, -0.15) is 8.42 Å². The second kappa shape index (κ2) is 27.3. The maximum atomic E-state index is 12.1. The minimum absolute atomic E-state index is 0. The minimum atomic E-state index is -4.00. The molecule has 2 saturated heterocycles. The lowest BCUT2D eigenvalue weighted by atomic mass is 9.90. The Kier molecular flexibility index (Phi) is 22.7. The Bertz CT molecular complexity index is 2070. The Morgan fingerprint density at radius 2 is 1.29 bits per heavy atom. The van der Waals surface area contributed by atoms with Crippen molar-refractivity contribution in [2.24, 2.45) is 11.8 Å². The number of Topliss-reactive ketones (excluding diaryl/α,β-unsaturated/α-hetero) is 1. The summed E-state index contributed by atoms with van der Waals surface area (Å²) in [5.41, 5.74) is 4.68. The molecule has 0 saturated carbocycles. The highest BCUT2D eigenvalue weighted by molar-refractivity contribution is 9.11. The van der Waals surface area contributed by atoms with E-state index in [0.717, 1.165) is 89.7 Å². The quantitative estimate of drug-likeness (QED) is 0.0823. The molecule has 340 valence electrons. The van der Waals surface area contributed by atoms with Crippen LogP contribution in [0.25, 0.3) is 0 Å². The first kappa shape index (κ1) is 51.6. The van der Waals surface area contributed by atoms with Crippen LogP contribution in [0.3, 0.4) is 0 Å². The zero-order valence-electron chi connectivity index (χ0n) is 35.7. The number of likely N-dealkylation sites (tertiary alicyclic amines) is 1. The molecule has 0 amide bonds. The number of fused-ring (bicyclic) bond motifs is 1. The highest BCUT2D eigenvalue weighted by atomic mass is 79.9. The normalized spacial score (nSPS) is 15.7. The first-order valence-corrected chi connectivity index (χ1v) is 24.1. The van der Waals surface area contributed by atoms with Crippen molar-refractivity contribution in [3.8, 4) is 17.2 Å². The number of ketones is 1. The summed E-state index contributed by atoms with van der Waals surface area (Å²) in [4.78, 5) is 14.6. The largest absolute Gasteiger partial charge is 0.492 e. The third kappa shape index (κ3) is 17.5. The van der Waals surface area contributed by atoms with Gasteiger partial charge in [0.15, 0.2) is 5.78 Å². The number of carbonyl (C=O) groups excluding carboxylic acids is 1. The Balaban J connectivity index is 0.000000237. The molecule has 0 radical (unpaired) electrons. The van der Waals surface area contributed by atoms with Crippen molar-refractivity contribution >= 4 is 60.2 Å². The first-order valence-electron chi connectivity index (χ1n) is 21.1. The zero-order valence-corrected chi connectivity index (χ0v) is 40.5. The molecule has 7 rings (SSSR count). The van der Waals surface area contributed by atoms with Crippen LogP contribution in [0, 0.1) is 11.8 Å². The SMILES string of the molecule is COCCOc1cc(CC2CCN(CCc3ccc4c(c3)C(=O)CCO4)CC2)ccc1Br.COCCOc1cc(CC2CCNCC2)ccc1Br.Cl.O=S(=O)(O)c1ccccc1. The third-order valence-electron chi connectivity index (χ3n) is 11.0. The Hall–Kier alpha value is -3.05. The molecule has 0 bridgehead atoms. The number of rotatable bonds is 16. The van der Waals surface area contributed by atoms with Gasteiger partial charge in [-0.3, -0.25) is 9.35 Å². The van der Waals surface area contributed by atoms with Gasteiger partial charge in [0.05, 0.1) is 39.2 Å². The van der Waals surface area contributed by atoms with Crippen LogP contribution in [0.2, 0.25) is 0 Å². The predicted octanol–water partition coefficient (Wildman–Crippen LogP) is 9.31. The van der Waals surface area contributed by atoms with E-state index in [9.17, 15) is 13.2 Å². The molecular formula is C47H61Br2ClN2O9S. The van der Waals surface area contributed by atoms with Gasteiger partial charge >= 0.3 is 0 Å². The molecule has 0 aromatic heterocycles. The molecule has 0 unspecified atom stereocenters. The molecule has 3 heterocycles. The third-order valence-corrected chi connectivity index (χ3v) is 13.2. The summed E-state index contributed by atoms with van der Waals surface area (Å²) in [7, 11) is -0.632. The maximum Gasteiger partial charge on any atom is 0.294 e. The number of carbonyl (C=O) groups is 1. The monoisotopic (exact) mass is 1020 g/mol. The van der Waals surface area contributed by atoms with Gasteiger partial charge in [0.2, 0.25) is 0 Å². The van der Waals surface area contributed by atoms with Gasteiger partial charge in [-0.1, -0.05) is 36.4 Å². The van der Waals surface area contributed by atoms with Crippen molar-refractivity contribution in [1.82, 2.24) is 10.2 Å². The summed E-state index contributed by atoms with van der Waals surface area (Å²) < 4.78 is 58.5. The number of benzene rings is 4. The molecule has 0 aliphatic carbocycles. The van der Waals surface area contributed by atoms with Gasteiger partial charge in [0.25, 0.3) is 10.1 Å². The van der Waals surface area contributed by atoms with Crippen LogP contribution in [0.1, 0.15) is 59.2 Å². The lowest BCUT2D eigenvalue weighted by molar-refractivity contribution is 0.0933. The fraction of sp³-hybridized carbons (Fsp3) is 0.468. The molecule has 2 fully saturated rings. The topological polar surface area (TPSA) is 133 Å². The van der Waals surface area contributed by atoms with E-state index in [1.807, 2.05) is 12.1 Å². The Morgan fingerprint density at radius 1 is 0.742 bits per heavy atom. The fourth-order valence-corrected chi connectivity index (χ4v) is 8.77. The lowest BCUT2D eigenvalue weighted by Gasteiger charge is -2.32. The summed E-state index contributed by atoms with van der Waals surface area (Å²) in [5.74, 6) is 4.27. The van der Waals surface area contributed by atoms with E-state index in [-0.39, 0.29) is 23.1 Å². The van der Waals surface area contributed by atoms with E-state index < -0.39 is 10.1 Å². The molecule has 3 aliphatic rings. The lowest BCUT2D eigenvalue weighted by Crippen LogP contribution is -2.35. The summed E-state index contributed by atoms with van der Waals surface area (Å²) in [6, 6.07) is 26.4. The van der Waals surface area contributed by atoms with Gasteiger partial charge in [0.1, 0.15) is 30.5 Å². The Labute approximate surface area is 391 Å². The van der Waals surface area contributed by atoms with Crippen molar-refractivity contribution in [1.29, 1.82) is 0 Å². The molecule has 3 aliphatic heterocycles. The van der Waals surface area contributed by atoms with Crippen molar-refractivity contribution < 1.29 is 41.4 Å². The predicted molar refractivity (Wildman–Crippen MR) is 253 cm³/mol. The number of ether oxygens (including phenoxy) is 5. The number of hydrogen-bond acceptors (Lipinski definition) is 10. The molecule has 15 heteroatoms. The molecular weight excluding hydrogens is 964 g/mol. The zero-order chi connectivity index (χ0) is 43.5. The highest BCUT2D eigenvalue weighted by Crippen LogP contribution is 2.31. The average molecular weight is 1030 g/mol. The summed E-state index contributed by atoms with van der Waals surface area (Å²) in [5, 5.41) is 3.41. The minimum Gasteiger partial charge on any atom is -0.492 e. The van der Waals surface area contributed by atoms with Crippen LogP contribution in [0.15, 0.2) is 98.8 Å². The van der Waals surface area contributed by atoms with Gasteiger partial charge in [0, 0.05) is 27.2 Å². The molecule has 4 aromatic carbocycles. The maximum absolute atomic E-state index is 12.1. The summed E-state index contributed by atoms with van der Waals surface area (Å²) in [6.07, 6.45) is 8.68. The number of nitrogens with one attached hydrogen (secondary N) is 1. The molecule has 0 spiro atoms. The molecule has 4 aromatic rings. The van der Waals surface area contributed by atoms with Crippen molar-refractivity contribution in [2.45, 2.75) is 56.3 Å². The fourth-order valence-electron chi connectivity index (χ4n) is 7.55. The van der Waals surface area contributed by atoms with Gasteiger partial charge in [-0.05, 0) is 180 Å². The number of methoxy groups -OCH3 is 2. The average Bonchev–Trinajstić information content (AvgIpc) is 3.27. The van der Waals surface area contributed by atoms with E-state index in [0.29, 0.717) is 45.4 Å². The standard InChI is InChI=1S/C26H32BrNO4.C15H22BrNO2.C6H6O3S.ClH/c1-30-14-15-32-26-18-21(2-4-23(26)27)16-20-7-11-28(12-8-20)10-6-19-3-5-25-22(17-19)24(29)9-13-31-25;1-18-8-9-19-15-11-13(2-3-14(15)16)10-12-4-6-17-7-5-12;7-10(8,9)6-4-2-1-3-5-6;/h2-5,17-18,20H,6-16H2,1H3;2-3,11-12,17H,4-10H2,1H3;1-5H,(H,7,8,9);1H. The van der Waals surface area contributed by atoms with Crippen LogP contribution < -0.4 is 19.5 Å². The smallest absolute Gasteiger partial charge is 0.294 e. The van der Waals surface area contributed by atoms with Crippen LogP contribution in [-0.4, -0.2) is 104 Å². The second-order valence-corrected chi connectivity index (χ2v) is 18.6. The van der Waals surface area contributed by atoms with Crippen molar-refractivity contribution in [2.75, 3.05) is 80.0 Å². The molecule has 2 N–H and O–H groups in total. The van der Waals surface area contributed by atoms with Crippen molar-refractivity contribution in [3.63, 3.8) is 0 Å². The van der Waals surface area contributed by atoms with E-state index >= 15 is 0 Å². The summed E-state index contributed by atoms with van der Waals surface area (Å²) in [6.45, 7) is 8.45. The van der Waals surface area contributed by atoms with Gasteiger partial charge in [-0.25, -0.2) is 0 Å². The van der Waals surface area contributed by atoms with Crippen LogP contribution >= 0.6 is 44.3 Å². The van der Waals surface area contributed by atoms with E-state index in [2.05, 4.69) is 84.5 Å². The summed E-state index contributed by atoms with van der Waals surface area (Å²) >= 11 is 7.11. The number of halogens is 3. The molecule has 11 nitrogen and oxygen atoms in total. The second-order valence-electron chi connectivity index (χ2n) is 15.5. The van der Waals surface area contributed by atoms with E-state index in [1.165, 1.54) is 54.5 Å². The van der Waals surface area contributed by atoms with Crippen LogP contribution in [0.4, 0.5) is 0 Å². The van der Waals surface area contributed by atoms with Crippen LogP contribution in [-0.2, 0) is 38.9 Å². The van der Waals surface area contributed by atoms with Gasteiger partial charge in [-0.15, -0.1) is 12.4 Å². The molecule has 62 heavy (non-hydrogen) atoms. The van der Waals surface area contributed by atoms with Gasteiger partial charge < -0.3 is 33.9 Å².